The Morgan fingerprint density at radius 3 is 2.41 bits per heavy atom. The molecule has 32 heavy (non-hydrogen) atoms. The second-order valence-electron chi connectivity index (χ2n) is 8.04. The zero-order valence-corrected chi connectivity index (χ0v) is 19.9. The summed E-state index contributed by atoms with van der Waals surface area (Å²) in [4.78, 5) is 22.2. The van der Waals surface area contributed by atoms with Gasteiger partial charge in [-0.1, -0.05) is 17.4 Å². The number of ether oxygens (including phenoxy) is 2. The number of thiazole rings is 1. The smallest absolute Gasteiger partial charge is 0.251 e. The molecule has 1 saturated heterocycles. The van der Waals surface area contributed by atoms with Gasteiger partial charge in [0, 0.05) is 50.9 Å². The lowest BCUT2D eigenvalue weighted by molar-refractivity contribution is 0.0947. The zero-order chi connectivity index (χ0) is 22.7. The van der Waals surface area contributed by atoms with Crippen LogP contribution in [-0.2, 0) is 0 Å². The number of aromatic nitrogens is 1. The highest BCUT2D eigenvalue weighted by atomic mass is 32.1. The van der Waals surface area contributed by atoms with E-state index in [1.807, 2.05) is 0 Å². The second-order valence-corrected chi connectivity index (χ2v) is 9.05. The monoisotopic (exact) mass is 454 g/mol. The number of aryl methyl sites for hydroxylation is 2. The van der Waals surface area contributed by atoms with Crippen LogP contribution in [0.5, 0.6) is 11.5 Å². The summed E-state index contributed by atoms with van der Waals surface area (Å²) in [6, 6.07) is 9.54. The van der Waals surface area contributed by atoms with Gasteiger partial charge in [-0.3, -0.25) is 9.69 Å². The lowest BCUT2D eigenvalue weighted by Gasteiger charge is -2.34. The molecule has 0 unspecified atom stereocenters. The third kappa shape index (κ3) is 4.81. The number of methoxy groups -OCH3 is 2. The van der Waals surface area contributed by atoms with Crippen molar-refractivity contribution >= 4 is 32.6 Å². The molecule has 4 rings (SSSR count). The number of rotatable bonds is 7. The van der Waals surface area contributed by atoms with Gasteiger partial charge in [0.05, 0.1) is 24.4 Å². The van der Waals surface area contributed by atoms with Crippen molar-refractivity contribution < 1.29 is 14.3 Å². The summed E-state index contributed by atoms with van der Waals surface area (Å²) >= 11 is 1.77. The lowest BCUT2D eigenvalue weighted by atomic mass is 10.1. The third-order valence-corrected chi connectivity index (χ3v) is 7.12. The van der Waals surface area contributed by atoms with Crippen LogP contribution in [0, 0.1) is 13.8 Å². The number of nitrogens with one attached hydrogen (secondary N) is 1. The minimum Gasteiger partial charge on any atom is -0.497 e. The molecule has 0 spiro atoms. The number of hydrogen-bond acceptors (Lipinski definition) is 7. The van der Waals surface area contributed by atoms with Crippen LogP contribution in [0.25, 0.3) is 10.2 Å². The standard InChI is InChI=1S/C24H30N4O3S/c1-16-5-6-21-22(17(16)2)26-24(32-21)28-11-9-27(10-12-28)8-7-25-23(29)18-13-19(30-3)15-20(14-18)31-4/h5-6,13-15H,7-12H2,1-4H3,(H,25,29). The Morgan fingerprint density at radius 2 is 1.75 bits per heavy atom. The van der Waals surface area contributed by atoms with Gasteiger partial charge in [0.25, 0.3) is 5.91 Å². The quantitative estimate of drug-likeness (QED) is 0.590. The summed E-state index contributed by atoms with van der Waals surface area (Å²) in [7, 11) is 3.15. The Bertz CT molecular complexity index is 1080. The van der Waals surface area contributed by atoms with Gasteiger partial charge in [-0.2, -0.15) is 0 Å². The summed E-state index contributed by atoms with van der Waals surface area (Å²) in [5.74, 6) is 1.08. The molecule has 2 heterocycles. The molecule has 0 aliphatic carbocycles. The fraction of sp³-hybridized carbons (Fsp3) is 0.417. The van der Waals surface area contributed by atoms with Crippen LogP contribution in [0.15, 0.2) is 30.3 Å². The molecule has 1 fully saturated rings. The molecular formula is C24H30N4O3S. The van der Waals surface area contributed by atoms with Crippen molar-refractivity contribution in [1.82, 2.24) is 15.2 Å². The van der Waals surface area contributed by atoms with Crippen LogP contribution in [0.4, 0.5) is 5.13 Å². The first-order valence-electron chi connectivity index (χ1n) is 10.8. The highest BCUT2D eigenvalue weighted by Gasteiger charge is 2.20. The van der Waals surface area contributed by atoms with Crippen LogP contribution in [0.3, 0.4) is 0 Å². The number of benzene rings is 2. The third-order valence-electron chi connectivity index (χ3n) is 6.04. The van der Waals surface area contributed by atoms with Gasteiger partial charge in [-0.25, -0.2) is 4.98 Å². The van der Waals surface area contributed by atoms with E-state index in [0.717, 1.165) is 43.4 Å². The number of anilines is 1. The predicted molar refractivity (Wildman–Crippen MR) is 130 cm³/mol. The molecule has 2 aromatic carbocycles. The van der Waals surface area contributed by atoms with Crippen LogP contribution in [-0.4, -0.2) is 69.3 Å². The predicted octanol–water partition coefficient (Wildman–Crippen LogP) is 3.48. The molecule has 1 N–H and O–H groups in total. The SMILES string of the molecule is COc1cc(OC)cc(C(=O)NCCN2CCN(c3nc4c(C)c(C)ccc4s3)CC2)c1. The van der Waals surface area contributed by atoms with Crippen molar-refractivity contribution in [3.05, 3.63) is 47.0 Å². The van der Waals surface area contributed by atoms with E-state index in [9.17, 15) is 4.79 Å². The maximum Gasteiger partial charge on any atom is 0.251 e. The largest absolute Gasteiger partial charge is 0.497 e. The van der Waals surface area contributed by atoms with Crippen molar-refractivity contribution in [2.24, 2.45) is 0 Å². The molecule has 8 heteroatoms. The molecule has 0 atom stereocenters. The molecule has 7 nitrogen and oxygen atoms in total. The number of piperazine rings is 1. The first kappa shape index (κ1) is 22.4. The Balaban J connectivity index is 1.28. The number of carbonyl (C=O) groups excluding carboxylic acids is 1. The summed E-state index contributed by atoms with van der Waals surface area (Å²) in [5.41, 5.74) is 4.22. The van der Waals surface area contributed by atoms with Crippen molar-refractivity contribution in [3.63, 3.8) is 0 Å². The Morgan fingerprint density at radius 1 is 1.06 bits per heavy atom. The van der Waals surface area contributed by atoms with Gasteiger partial charge in [0.2, 0.25) is 0 Å². The van der Waals surface area contributed by atoms with Gasteiger partial charge in [-0.05, 0) is 43.2 Å². The molecule has 0 radical (unpaired) electrons. The molecule has 0 saturated carbocycles. The molecule has 1 amide bonds. The molecule has 170 valence electrons. The Labute approximate surface area is 192 Å². The van der Waals surface area contributed by atoms with Crippen molar-refractivity contribution in [2.45, 2.75) is 13.8 Å². The van der Waals surface area contributed by atoms with E-state index in [4.69, 9.17) is 14.5 Å². The molecule has 1 aliphatic heterocycles. The fourth-order valence-corrected chi connectivity index (χ4v) is 4.96. The molecular weight excluding hydrogens is 424 g/mol. The maximum absolute atomic E-state index is 12.5. The van der Waals surface area contributed by atoms with E-state index >= 15 is 0 Å². The summed E-state index contributed by atoms with van der Waals surface area (Å²) in [6.07, 6.45) is 0. The number of fused-ring (bicyclic) bond motifs is 1. The normalized spacial score (nSPS) is 14.6. The van der Waals surface area contributed by atoms with Crippen LogP contribution in [0.2, 0.25) is 0 Å². The summed E-state index contributed by atoms with van der Waals surface area (Å²) in [6.45, 7) is 9.49. The molecule has 3 aromatic rings. The van der Waals surface area contributed by atoms with Gasteiger partial charge in [0.1, 0.15) is 11.5 Å². The van der Waals surface area contributed by atoms with E-state index in [0.29, 0.717) is 23.6 Å². The van der Waals surface area contributed by atoms with E-state index in [1.54, 1.807) is 43.8 Å². The van der Waals surface area contributed by atoms with Gasteiger partial charge in [0.15, 0.2) is 5.13 Å². The summed E-state index contributed by atoms with van der Waals surface area (Å²) < 4.78 is 11.7. The minimum atomic E-state index is -0.124. The average Bonchev–Trinajstić information content (AvgIpc) is 3.26. The van der Waals surface area contributed by atoms with E-state index in [-0.39, 0.29) is 5.91 Å². The summed E-state index contributed by atoms with van der Waals surface area (Å²) in [5, 5.41) is 4.11. The Kier molecular flexibility index (Phi) is 6.81. The molecule has 0 bridgehead atoms. The molecule has 1 aliphatic rings. The van der Waals surface area contributed by atoms with Crippen LogP contribution in [0.1, 0.15) is 21.5 Å². The van der Waals surface area contributed by atoms with Crippen molar-refractivity contribution in [2.75, 3.05) is 58.4 Å². The first-order chi connectivity index (χ1) is 15.5. The maximum atomic E-state index is 12.5. The van der Waals surface area contributed by atoms with E-state index in [2.05, 4.69) is 41.1 Å². The van der Waals surface area contributed by atoms with Crippen molar-refractivity contribution in [3.8, 4) is 11.5 Å². The zero-order valence-electron chi connectivity index (χ0n) is 19.1. The number of nitrogens with zero attached hydrogens (tertiary/aromatic N) is 3. The lowest BCUT2D eigenvalue weighted by Crippen LogP contribution is -2.48. The Hall–Kier alpha value is -2.84. The number of carbonyl (C=O) groups is 1. The first-order valence-corrected chi connectivity index (χ1v) is 11.7. The van der Waals surface area contributed by atoms with Gasteiger partial charge < -0.3 is 19.7 Å². The van der Waals surface area contributed by atoms with E-state index < -0.39 is 0 Å². The van der Waals surface area contributed by atoms with Gasteiger partial charge >= 0.3 is 0 Å². The number of amides is 1. The van der Waals surface area contributed by atoms with Gasteiger partial charge in [-0.15, -0.1) is 0 Å². The van der Waals surface area contributed by atoms with Crippen LogP contribution < -0.4 is 19.7 Å². The number of hydrogen-bond donors (Lipinski definition) is 1. The minimum absolute atomic E-state index is 0.124. The highest BCUT2D eigenvalue weighted by Crippen LogP contribution is 2.32. The fourth-order valence-electron chi connectivity index (χ4n) is 3.88. The highest BCUT2D eigenvalue weighted by molar-refractivity contribution is 7.22. The van der Waals surface area contributed by atoms with Crippen molar-refractivity contribution in [1.29, 1.82) is 0 Å². The average molecular weight is 455 g/mol. The topological polar surface area (TPSA) is 66.9 Å². The second kappa shape index (κ2) is 9.75. The van der Waals surface area contributed by atoms with Crippen LogP contribution >= 0.6 is 11.3 Å². The van der Waals surface area contributed by atoms with E-state index in [1.165, 1.54) is 15.8 Å². The molecule has 1 aromatic heterocycles.